The van der Waals surface area contributed by atoms with Gasteiger partial charge in [-0.25, -0.2) is 4.98 Å². The molecule has 1 aliphatic rings. The zero-order chi connectivity index (χ0) is 14.7. The molecule has 1 heterocycles. The maximum absolute atomic E-state index is 5.80. The summed E-state index contributed by atoms with van der Waals surface area (Å²) < 4.78 is 5.80. The monoisotopic (exact) mass is 282 g/mol. The Labute approximate surface area is 126 Å². The number of ether oxygens (including phenoxy) is 1. The lowest BCUT2D eigenvalue weighted by atomic mass is 10.2. The molecular formula is C18H22N2O. The van der Waals surface area contributed by atoms with E-state index in [2.05, 4.69) is 43.4 Å². The minimum absolute atomic E-state index is 0.221. The molecule has 1 aliphatic carbocycles. The highest BCUT2D eigenvalue weighted by Crippen LogP contribution is 2.22. The summed E-state index contributed by atoms with van der Waals surface area (Å²) in [6.07, 6.45) is 3.52. The number of hydrogen-bond acceptors (Lipinski definition) is 3. The molecule has 0 radical (unpaired) electrons. The smallest absolute Gasteiger partial charge is 0.126 e. The van der Waals surface area contributed by atoms with E-state index >= 15 is 0 Å². The van der Waals surface area contributed by atoms with E-state index in [1.807, 2.05) is 12.1 Å². The van der Waals surface area contributed by atoms with Crippen molar-refractivity contribution in [3.05, 3.63) is 53.2 Å². The van der Waals surface area contributed by atoms with E-state index < -0.39 is 0 Å². The van der Waals surface area contributed by atoms with Crippen LogP contribution in [-0.4, -0.2) is 17.6 Å². The summed E-state index contributed by atoms with van der Waals surface area (Å²) in [5.74, 6) is 1.87. The van der Waals surface area contributed by atoms with Crippen LogP contribution in [-0.2, 0) is 12.8 Å². The van der Waals surface area contributed by atoms with Gasteiger partial charge in [0.1, 0.15) is 18.2 Å². The van der Waals surface area contributed by atoms with Crippen molar-refractivity contribution in [2.75, 3.05) is 11.9 Å². The molecule has 110 valence electrons. The fraction of sp³-hybridized carbons (Fsp3) is 0.389. The molecule has 0 saturated carbocycles. The topological polar surface area (TPSA) is 34.1 Å². The van der Waals surface area contributed by atoms with Crippen LogP contribution in [0.3, 0.4) is 0 Å². The number of aromatic nitrogens is 1. The van der Waals surface area contributed by atoms with E-state index in [0.29, 0.717) is 6.61 Å². The van der Waals surface area contributed by atoms with Crippen molar-refractivity contribution in [3.63, 3.8) is 0 Å². The van der Waals surface area contributed by atoms with Crippen LogP contribution < -0.4 is 10.1 Å². The Bertz CT molecular complexity index is 607. The third-order valence-electron chi connectivity index (χ3n) is 3.84. The molecule has 21 heavy (non-hydrogen) atoms. The molecule has 0 amide bonds. The lowest BCUT2D eigenvalue weighted by Crippen LogP contribution is -2.24. The number of hydrogen-bond donors (Lipinski definition) is 1. The Morgan fingerprint density at radius 1 is 1.14 bits per heavy atom. The van der Waals surface area contributed by atoms with Gasteiger partial charge in [-0.15, -0.1) is 0 Å². The Kier molecular flexibility index (Phi) is 4.09. The van der Waals surface area contributed by atoms with Crippen LogP contribution in [0.1, 0.15) is 30.2 Å². The zero-order valence-electron chi connectivity index (χ0n) is 12.7. The van der Waals surface area contributed by atoms with Crippen LogP contribution in [0, 0.1) is 6.92 Å². The summed E-state index contributed by atoms with van der Waals surface area (Å²) in [4.78, 5) is 4.69. The fourth-order valence-corrected chi connectivity index (χ4v) is 2.65. The minimum Gasteiger partial charge on any atom is -0.491 e. The number of nitrogens with one attached hydrogen (secondary N) is 1. The molecule has 0 fully saturated rings. The summed E-state index contributed by atoms with van der Waals surface area (Å²) in [6.45, 7) is 4.82. The van der Waals surface area contributed by atoms with Gasteiger partial charge in [0.05, 0.1) is 6.04 Å². The van der Waals surface area contributed by atoms with Crippen LogP contribution in [0.5, 0.6) is 5.75 Å². The Balaban J connectivity index is 1.54. The van der Waals surface area contributed by atoms with Gasteiger partial charge >= 0.3 is 0 Å². The van der Waals surface area contributed by atoms with Crippen molar-refractivity contribution in [3.8, 4) is 5.75 Å². The number of nitrogens with zero attached hydrogens (tertiary/aromatic N) is 1. The van der Waals surface area contributed by atoms with E-state index in [0.717, 1.165) is 18.0 Å². The lowest BCUT2D eigenvalue weighted by Gasteiger charge is -2.16. The second-order valence-electron chi connectivity index (χ2n) is 5.83. The van der Waals surface area contributed by atoms with Crippen LogP contribution >= 0.6 is 0 Å². The highest BCUT2D eigenvalue weighted by Gasteiger charge is 2.13. The Morgan fingerprint density at radius 2 is 1.95 bits per heavy atom. The summed E-state index contributed by atoms with van der Waals surface area (Å²) in [5, 5.41) is 3.42. The zero-order valence-corrected chi connectivity index (χ0v) is 12.7. The standard InChI is InChI=1S/C18H22N2O/c1-13-6-9-16(10-7-13)21-12-14(2)19-18-11-8-15-4-3-5-17(15)20-18/h6-11,14H,3-5,12H2,1-2H3,(H,19,20). The van der Waals surface area contributed by atoms with Crippen LogP contribution in [0.25, 0.3) is 0 Å². The number of benzene rings is 1. The number of aryl methyl sites for hydroxylation is 3. The molecule has 0 bridgehead atoms. The Hall–Kier alpha value is -2.03. The van der Waals surface area contributed by atoms with Crippen LogP contribution in [0.2, 0.25) is 0 Å². The highest BCUT2D eigenvalue weighted by atomic mass is 16.5. The van der Waals surface area contributed by atoms with Gasteiger partial charge in [-0.1, -0.05) is 23.8 Å². The average molecular weight is 282 g/mol. The van der Waals surface area contributed by atoms with Gasteiger partial charge in [-0.3, -0.25) is 0 Å². The number of rotatable bonds is 5. The van der Waals surface area contributed by atoms with E-state index in [1.54, 1.807) is 0 Å². The third-order valence-corrected chi connectivity index (χ3v) is 3.84. The van der Waals surface area contributed by atoms with Gasteiger partial charge in [-0.05, 0) is 56.9 Å². The first kappa shape index (κ1) is 13.9. The predicted octanol–water partition coefficient (Wildman–Crippen LogP) is 3.76. The second-order valence-corrected chi connectivity index (χ2v) is 5.83. The molecule has 0 spiro atoms. The average Bonchev–Trinajstić information content (AvgIpc) is 2.94. The van der Waals surface area contributed by atoms with Gasteiger partial charge < -0.3 is 10.1 Å². The molecule has 0 aliphatic heterocycles. The van der Waals surface area contributed by atoms with E-state index in [9.17, 15) is 0 Å². The van der Waals surface area contributed by atoms with Gasteiger partial charge in [-0.2, -0.15) is 0 Å². The van der Waals surface area contributed by atoms with Crippen molar-refractivity contribution < 1.29 is 4.74 Å². The maximum atomic E-state index is 5.80. The fourth-order valence-electron chi connectivity index (χ4n) is 2.65. The number of fused-ring (bicyclic) bond motifs is 1. The first-order chi connectivity index (χ1) is 10.2. The molecule has 2 aromatic rings. The molecule has 3 nitrogen and oxygen atoms in total. The molecule has 1 unspecified atom stereocenters. The molecule has 1 atom stereocenters. The molecule has 1 aromatic heterocycles. The van der Waals surface area contributed by atoms with Crippen molar-refractivity contribution >= 4 is 5.82 Å². The molecular weight excluding hydrogens is 260 g/mol. The largest absolute Gasteiger partial charge is 0.491 e. The second kappa shape index (κ2) is 6.17. The quantitative estimate of drug-likeness (QED) is 0.906. The van der Waals surface area contributed by atoms with E-state index in [-0.39, 0.29) is 6.04 Å². The summed E-state index contributed by atoms with van der Waals surface area (Å²) >= 11 is 0. The van der Waals surface area contributed by atoms with Crippen molar-refractivity contribution in [1.82, 2.24) is 4.98 Å². The maximum Gasteiger partial charge on any atom is 0.126 e. The first-order valence-corrected chi connectivity index (χ1v) is 7.65. The SMILES string of the molecule is Cc1ccc(OCC(C)Nc2ccc3c(n2)CCC3)cc1. The van der Waals surface area contributed by atoms with Gasteiger partial charge in [0.15, 0.2) is 0 Å². The van der Waals surface area contributed by atoms with E-state index in [4.69, 9.17) is 9.72 Å². The summed E-state index contributed by atoms with van der Waals surface area (Å²) in [5.41, 5.74) is 3.91. The van der Waals surface area contributed by atoms with Crippen molar-refractivity contribution in [2.45, 2.75) is 39.2 Å². The first-order valence-electron chi connectivity index (χ1n) is 7.65. The third kappa shape index (κ3) is 3.54. The van der Waals surface area contributed by atoms with Crippen molar-refractivity contribution in [1.29, 1.82) is 0 Å². The van der Waals surface area contributed by atoms with Crippen LogP contribution in [0.4, 0.5) is 5.82 Å². The summed E-state index contributed by atoms with van der Waals surface area (Å²) in [7, 11) is 0. The van der Waals surface area contributed by atoms with E-state index in [1.165, 1.54) is 29.7 Å². The van der Waals surface area contributed by atoms with Gasteiger partial charge in [0, 0.05) is 5.69 Å². The van der Waals surface area contributed by atoms with Crippen molar-refractivity contribution in [2.24, 2.45) is 0 Å². The Morgan fingerprint density at radius 3 is 2.76 bits per heavy atom. The highest BCUT2D eigenvalue weighted by molar-refractivity contribution is 5.41. The molecule has 1 aromatic carbocycles. The van der Waals surface area contributed by atoms with Crippen LogP contribution in [0.15, 0.2) is 36.4 Å². The minimum atomic E-state index is 0.221. The number of anilines is 1. The van der Waals surface area contributed by atoms with Gasteiger partial charge in [0.25, 0.3) is 0 Å². The number of pyridine rings is 1. The molecule has 3 heteroatoms. The summed E-state index contributed by atoms with van der Waals surface area (Å²) in [6, 6.07) is 12.6. The lowest BCUT2D eigenvalue weighted by molar-refractivity contribution is 0.303. The predicted molar refractivity (Wildman–Crippen MR) is 86.0 cm³/mol. The molecule has 3 rings (SSSR count). The molecule has 1 N–H and O–H groups in total. The normalized spacial score (nSPS) is 14.6. The molecule has 0 saturated heterocycles. The van der Waals surface area contributed by atoms with Gasteiger partial charge in [0.2, 0.25) is 0 Å².